The highest BCUT2D eigenvalue weighted by Gasteiger charge is 2.41. The fourth-order valence-electron chi connectivity index (χ4n) is 3.25. The van der Waals surface area contributed by atoms with E-state index in [0.717, 1.165) is 5.66 Å². The Morgan fingerprint density at radius 2 is 1.59 bits per heavy atom. The molecule has 0 aromatic rings. The van der Waals surface area contributed by atoms with Gasteiger partial charge in [-0.1, -0.05) is 90.5 Å². The Hall–Kier alpha value is 0.390. The Labute approximate surface area is 117 Å². The van der Waals surface area contributed by atoms with Gasteiger partial charge in [0, 0.05) is 10.4 Å². The summed E-state index contributed by atoms with van der Waals surface area (Å²) in [6, 6.07) is 0. The number of halogens is 1. The first-order chi connectivity index (χ1) is 7.55. The van der Waals surface area contributed by atoms with E-state index >= 15 is 0 Å². The monoisotopic (exact) mass is 316 g/mol. The molecule has 0 heterocycles. The molecular formula is C15H26BrP. The van der Waals surface area contributed by atoms with Crippen LogP contribution in [0.25, 0.3) is 0 Å². The summed E-state index contributed by atoms with van der Waals surface area (Å²) in [4.78, 5) is 0. The van der Waals surface area contributed by atoms with Gasteiger partial charge in [0.2, 0.25) is 0 Å². The summed E-state index contributed by atoms with van der Waals surface area (Å²) in [5.41, 5.74) is 0.717. The fraction of sp³-hybridized carbons (Fsp3) is 0.733. The van der Waals surface area contributed by atoms with Crippen LogP contribution in [0.15, 0.2) is 22.7 Å². The quantitative estimate of drug-likeness (QED) is 0.555. The summed E-state index contributed by atoms with van der Waals surface area (Å²) < 4.78 is 1.35. The Bertz CT molecular complexity index is 314. The molecule has 0 aromatic carbocycles. The molecule has 0 amide bonds. The first kappa shape index (κ1) is 15.4. The van der Waals surface area contributed by atoms with Gasteiger partial charge in [0.25, 0.3) is 0 Å². The van der Waals surface area contributed by atoms with Crippen LogP contribution in [0.5, 0.6) is 0 Å². The minimum Gasteiger partial charge on any atom is -0.0918 e. The summed E-state index contributed by atoms with van der Waals surface area (Å²) in [6.07, 6.45) is 6.73. The third kappa shape index (κ3) is 3.67. The van der Waals surface area contributed by atoms with E-state index < -0.39 is 0 Å². The van der Waals surface area contributed by atoms with Crippen LogP contribution in [0.2, 0.25) is 0 Å². The van der Waals surface area contributed by atoms with E-state index in [9.17, 15) is 0 Å². The summed E-state index contributed by atoms with van der Waals surface area (Å²) in [7, 11) is -0.0637. The minimum absolute atomic E-state index is 0.0637. The van der Waals surface area contributed by atoms with E-state index in [1.807, 2.05) is 0 Å². The molecule has 0 fully saturated rings. The second-order valence-electron chi connectivity index (χ2n) is 6.91. The van der Waals surface area contributed by atoms with E-state index in [1.54, 1.807) is 0 Å². The van der Waals surface area contributed by atoms with Crippen LogP contribution in [0.3, 0.4) is 0 Å². The molecule has 1 aliphatic carbocycles. The number of hydrogen-bond donors (Lipinski definition) is 0. The number of rotatable bonds is 2. The lowest BCUT2D eigenvalue weighted by Crippen LogP contribution is -2.33. The lowest BCUT2D eigenvalue weighted by Gasteiger charge is -2.47. The zero-order valence-corrected chi connectivity index (χ0v) is 14.7. The first-order valence-electron chi connectivity index (χ1n) is 6.38. The maximum Gasteiger partial charge on any atom is 0.0153 e. The van der Waals surface area contributed by atoms with Gasteiger partial charge < -0.3 is 0 Å². The Kier molecular flexibility index (Phi) is 4.70. The third-order valence-electron chi connectivity index (χ3n) is 3.26. The fourth-order valence-corrected chi connectivity index (χ4v) is 9.19. The highest BCUT2D eigenvalue weighted by molar-refractivity contribution is 9.11. The molecule has 0 bridgehead atoms. The smallest absolute Gasteiger partial charge is 0.0153 e. The van der Waals surface area contributed by atoms with Crippen molar-refractivity contribution in [2.45, 2.75) is 64.4 Å². The van der Waals surface area contributed by atoms with E-state index in [4.69, 9.17) is 0 Å². The summed E-state index contributed by atoms with van der Waals surface area (Å²) in [5.74, 6) is 0.583. The average molecular weight is 317 g/mol. The van der Waals surface area contributed by atoms with Gasteiger partial charge in [-0.05, 0) is 16.0 Å². The largest absolute Gasteiger partial charge is 0.0918 e. The predicted molar refractivity (Wildman–Crippen MR) is 85.5 cm³/mol. The second-order valence-corrected chi connectivity index (χ2v) is 12.1. The molecule has 0 spiro atoms. The molecule has 98 valence electrons. The highest BCUT2D eigenvalue weighted by atomic mass is 79.9. The SMILES string of the molecule is C[C@H](C1C=CC=C1Br)P(C(C)(C)C)C(C)(C)C. The van der Waals surface area contributed by atoms with Crippen molar-refractivity contribution in [3.05, 3.63) is 22.7 Å². The summed E-state index contributed by atoms with van der Waals surface area (Å²) in [5, 5.41) is 0.799. The molecule has 0 saturated carbocycles. The Balaban J connectivity index is 3.00. The van der Waals surface area contributed by atoms with Gasteiger partial charge in [0.15, 0.2) is 0 Å². The van der Waals surface area contributed by atoms with Crippen molar-refractivity contribution in [2.75, 3.05) is 0 Å². The zero-order valence-electron chi connectivity index (χ0n) is 12.2. The van der Waals surface area contributed by atoms with Gasteiger partial charge in [-0.2, -0.15) is 0 Å². The Morgan fingerprint density at radius 1 is 1.12 bits per heavy atom. The maximum absolute atomic E-state index is 3.72. The molecule has 1 aliphatic rings. The van der Waals surface area contributed by atoms with E-state index in [1.165, 1.54) is 4.48 Å². The zero-order chi connectivity index (χ0) is 13.4. The maximum atomic E-state index is 3.72. The molecule has 1 unspecified atom stereocenters. The number of allylic oxidation sites excluding steroid dienone is 4. The van der Waals surface area contributed by atoms with E-state index in [2.05, 4.69) is 82.6 Å². The molecule has 0 saturated heterocycles. The van der Waals surface area contributed by atoms with Crippen LogP contribution in [-0.4, -0.2) is 16.0 Å². The molecule has 0 N–H and O–H groups in total. The van der Waals surface area contributed by atoms with E-state index in [-0.39, 0.29) is 7.92 Å². The van der Waals surface area contributed by atoms with Crippen molar-refractivity contribution in [3.8, 4) is 0 Å². The normalized spacial score (nSPS) is 23.1. The molecule has 0 aliphatic heterocycles. The van der Waals surface area contributed by atoms with E-state index in [0.29, 0.717) is 16.2 Å². The minimum atomic E-state index is -0.0637. The molecule has 1 rings (SSSR count). The van der Waals surface area contributed by atoms with Crippen LogP contribution in [0.1, 0.15) is 48.5 Å². The van der Waals surface area contributed by atoms with Crippen molar-refractivity contribution < 1.29 is 0 Å². The summed E-state index contributed by atoms with van der Waals surface area (Å²) in [6.45, 7) is 16.8. The molecule has 0 radical (unpaired) electrons. The van der Waals surface area contributed by atoms with Gasteiger partial charge in [-0.15, -0.1) is 0 Å². The molecule has 17 heavy (non-hydrogen) atoms. The van der Waals surface area contributed by atoms with Gasteiger partial charge >= 0.3 is 0 Å². The lowest BCUT2D eigenvalue weighted by atomic mass is 10.1. The van der Waals surface area contributed by atoms with Gasteiger partial charge in [0.05, 0.1) is 0 Å². The van der Waals surface area contributed by atoms with Crippen LogP contribution in [0.4, 0.5) is 0 Å². The Morgan fingerprint density at radius 3 is 1.88 bits per heavy atom. The highest BCUT2D eigenvalue weighted by Crippen LogP contribution is 2.65. The van der Waals surface area contributed by atoms with Gasteiger partial charge in [-0.25, -0.2) is 0 Å². The topological polar surface area (TPSA) is 0 Å². The van der Waals surface area contributed by atoms with Crippen LogP contribution in [0, 0.1) is 5.92 Å². The second kappa shape index (κ2) is 5.17. The first-order valence-corrected chi connectivity index (χ1v) is 8.59. The van der Waals surface area contributed by atoms with Gasteiger partial charge in [-0.3, -0.25) is 0 Å². The van der Waals surface area contributed by atoms with Crippen molar-refractivity contribution >= 4 is 23.9 Å². The third-order valence-corrected chi connectivity index (χ3v) is 8.08. The lowest BCUT2D eigenvalue weighted by molar-refractivity contribution is 0.659. The van der Waals surface area contributed by atoms with Crippen LogP contribution < -0.4 is 0 Å². The molecule has 0 nitrogen and oxygen atoms in total. The van der Waals surface area contributed by atoms with Crippen molar-refractivity contribution in [1.82, 2.24) is 0 Å². The van der Waals surface area contributed by atoms with Crippen molar-refractivity contribution in [1.29, 1.82) is 0 Å². The molecular weight excluding hydrogens is 291 g/mol. The number of hydrogen-bond acceptors (Lipinski definition) is 0. The molecule has 2 heteroatoms. The predicted octanol–water partition coefficient (Wildman–Crippen LogP) is 5.92. The van der Waals surface area contributed by atoms with Crippen LogP contribution >= 0.6 is 23.9 Å². The van der Waals surface area contributed by atoms with Crippen LogP contribution in [-0.2, 0) is 0 Å². The van der Waals surface area contributed by atoms with Gasteiger partial charge in [0.1, 0.15) is 0 Å². The standard InChI is InChI=1S/C15H26BrP/c1-11(12-9-8-10-13(12)16)17(14(2,3)4)15(5,6)7/h8-12H,1-7H3/t11-,12?/m1/s1. The van der Waals surface area contributed by atoms with Crippen molar-refractivity contribution in [2.24, 2.45) is 5.92 Å². The molecule has 2 atom stereocenters. The molecule has 0 aromatic heterocycles. The summed E-state index contributed by atoms with van der Waals surface area (Å²) >= 11 is 3.72. The average Bonchev–Trinajstić information content (AvgIpc) is 2.45. The van der Waals surface area contributed by atoms with Crippen molar-refractivity contribution in [3.63, 3.8) is 0 Å².